The van der Waals surface area contributed by atoms with Crippen molar-refractivity contribution in [2.45, 2.75) is 13.5 Å². The molecular formula is C26H21ClN2O4S. The van der Waals surface area contributed by atoms with Gasteiger partial charge in [0.15, 0.2) is 6.61 Å². The summed E-state index contributed by atoms with van der Waals surface area (Å²) in [6, 6.07) is 21.5. The zero-order valence-electron chi connectivity index (χ0n) is 18.3. The molecule has 0 radical (unpaired) electrons. The first-order chi connectivity index (χ1) is 16.4. The molecule has 6 nitrogen and oxygen atoms in total. The molecule has 172 valence electrons. The summed E-state index contributed by atoms with van der Waals surface area (Å²) in [5, 5.41) is 3.05. The normalized spacial score (nSPS) is 14.5. The number of hydrogen-bond donors (Lipinski definition) is 1. The summed E-state index contributed by atoms with van der Waals surface area (Å²) in [5.74, 6) is -0.151. The first kappa shape index (κ1) is 23.6. The van der Waals surface area contributed by atoms with Gasteiger partial charge in [-0.05, 0) is 77.9 Å². The SMILES string of the molecule is Cc1cccc(NC(=O)COc2cccc(/C=C3\SC(=O)N(Cc4ccc(Cl)cc4)C3=O)c2)c1. The van der Waals surface area contributed by atoms with Gasteiger partial charge < -0.3 is 10.1 Å². The number of amides is 3. The van der Waals surface area contributed by atoms with Crippen LogP contribution in [-0.2, 0) is 16.1 Å². The topological polar surface area (TPSA) is 75.7 Å². The summed E-state index contributed by atoms with van der Waals surface area (Å²) < 4.78 is 5.61. The number of aryl methyl sites for hydroxylation is 1. The molecule has 0 saturated carbocycles. The number of hydrogen-bond acceptors (Lipinski definition) is 5. The Kier molecular flexibility index (Phi) is 7.35. The molecule has 0 spiro atoms. The van der Waals surface area contributed by atoms with Gasteiger partial charge >= 0.3 is 0 Å². The van der Waals surface area contributed by atoms with Crippen LogP contribution in [0.25, 0.3) is 6.08 Å². The lowest BCUT2D eigenvalue weighted by atomic mass is 10.2. The average Bonchev–Trinajstić information content (AvgIpc) is 3.07. The van der Waals surface area contributed by atoms with Gasteiger partial charge in [0.25, 0.3) is 17.1 Å². The zero-order valence-corrected chi connectivity index (χ0v) is 19.9. The average molecular weight is 493 g/mol. The first-order valence-corrected chi connectivity index (χ1v) is 11.7. The largest absolute Gasteiger partial charge is 0.484 e. The summed E-state index contributed by atoms with van der Waals surface area (Å²) in [5.41, 5.74) is 3.25. The lowest BCUT2D eigenvalue weighted by molar-refractivity contribution is -0.123. The standard InChI is InChI=1S/C26H21ClN2O4S/c1-17-4-2-6-21(12-17)28-24(30)16-33-22-7-3-5-19(13-22)14-23-25(31)29(26(32)34-23)15-18-8-10-20(27)11-9-18/h2-14H,15-16H2,1H3,(H,28,30)/b23-14-. The quantitative estimate of drug-likeness (QED) is 0.415. The summed E-state index contributed by atoms with van der Waals surface area (Å²) >= 11 is 6.79. The number of carbonyl (C=O) groups is 3. The molecule has 8 heteroatoms. The molecule has 1 fully saturated rings. The Morgan fingerprint density at radius 3 is 2.59 bits per heavy atom. The Hall–Kier alpha value is -3.55. The van der Waals surface area contributed by atoms with Crippen LogP contribution in [0.1, 0.15) is 16.7 Å². The van der Waals surface area contributed by atoms with Gasteiger partial charge in [-0.2, -0.15) is 0 Å². The molecule has 1 aliphatic rings. The zero-order chi connectivity index (χ0) is 24.1. The number of thioether (sulfide) groups is 1. The van der Waals surface area contributed by atoms with E-state index in [0.717, 1.165) is 22.9 Å². The fraction of sp³-hybridized carbons (Fsp3) is 0.115. The maximum Gasteiger partial charge on any atom is 0.293 e. The van der Waals surface area contributed by atoms with Gasteiger partial charge in [0.2, 0.25) is 0 Å². The summed E-state index contributed by atoms with van der Waals surface area (Å²) in [6.07, 6.45) is 1.65. The van der Waals surface area contributed by atoms with Crippen molar-refractivity contribution in [3.8, 4) is 5.75 Å². The molecule has 1 aliphatic heterocycles. The highest BCUT2D eigenvalue weighted by atomic mass is 35.5. The molecule has 3 amide bonds. The minimum atomic E-state index is -0.353. The molecule has 4 rings (SSSR count). The summed E-state index contributed by atoms with van der Waals surface area (Å²) in [6.45, 7) is 1.97. The van der Waals surface area contributed by atoms with Crippen LogP contribution in [0.2, 0.25) is 5.02 Å². The van der Waals surface area contributed by atoms with E-state index in [1.54, 1.807) is 54.6 Å². The molecule has 34 heavy (non-hydrogen) atoms. The van der Waals surface area contributed by atoms with Crippen molar-refractivity contribution in [3.63, 3.8) is 0 Å². The Bertz CT molecular complexity index is 1270. The van der Waals surface area contributed by atoms with Crippen LogP contribution >= 0.6 is 23.4 Å². The number of carbonyl (C=O) groups excluding carboxylic acids is 3. The Balaban J connectivity index is 1.38. The molecular weight excluding hydrogens is 472 g/mol. The highest BCUT2D eigenvalue weighted by molar-refractivity contribution is 8.18. The van der Waals surface area contributed by atoms with Gasteiger partial charge in [-0.25, -0.2) is 0 Å². The fourth-order valence-corrected chi connectivity index (χ4v) is 4.29. The number of anilines is 1. The van der Waals surface area contributed by atoms with Crippen LogP contribution in [0.4, 0.5) is 10.5 Å². The third-order valence-corrected chi connectivity index (χ3v) is 6.11. The van der Waals surface area contributed by atoms with E-state index >= 15 is 0 Å². The van der Waals surface area contributed by atoms with Crippen molar-refractivity contribution in [1.82, 2.24) is 4.90 Å². The van der Waals surface area contributed by atoms with Crippen LogP contribution in [0.15, 0.2) is 77.7 Å². The van der Waals surface area contributed by atoms with Crippen molar-refractivity contribution in [1.29, 1.82) is 0 Å². The van der Waals surface area contributed by atoms with Gasteiger partial charge in [0, 0.05) is 10.7 Å². The third-order valence-electron chi connectivity index (χ3n) is 4.96. The van der Waals surface area contributed by atoms with Gasteiger partial charge in [-0.15, -0.1) is 0 Å². The van der Waals surface area contributed by atoms with E-state index in [0.29, 0.717) is 26.9 Å². The fourth-order valence-electron chi connectivity index (χ4n) is 3.32. The van der Waals surface area contributed by atoms with E-state index in [9.17, 15) is 14.4 Å². The summed E-state index contributed by atoms with van der Waals surface area (Å²) in [7, 11) is 0. The molecule has 0 unspecified atom stereocenters. The second-order valence-corrected chi connectivity index (χ2v) is 9.10. The smallest absolute Gasteiger partial charge is 0.293 e. The number of rotatable bonds is 7. The second kappa shape index (κ2) is 10.6. The Morgan fingerprint density at radius 2 is 1.82 bits per heavy atom. The third kappa shape index (κ3) is 6.07. The number of ether oxygens (including phenoxy) is 1. The van der Waals surface area contributed by atoms with Crippen molar-refractivity contribution >= 4 is 52.2 Å². The van der Waals surface area contributed by atoms with E-state index in [1.165, 1.54) is 4.90 Å². The Morgan fingerprint density at radius 1 is 1.06 bits per heavy atom. The van der Waals surface area contributed by atoms with Crippen LogP contribution in [0, 0.1) is 6.92 Å². The predicted octanol–water partition coefficient (Wildman–Crippen LogP) is 5.90. The number of imide groups is 1. The Labute approximate surface area is 206 Å². The molecule has 0 aromatic heterocycles. The van der Waals surface area contributed by atoms with Gasteiger partial charge in [0.05, 0.1) is 11.4 Å². The maximum absolute atomic E-state index is 12.8. The van der Waals surface area contributed by atoms with E-state index in [2.05, 4.69) is 5.32 Å². The van der Waals surface area contributed by atoms with E-state index in [-0.39, 0.29) is 30.2 Å². The van der Waals surface area contributed by atoms with Crippen LogP contribution in [0.3, 0.4) is 0 Å². The van der Waals surface area contributed by atoms with Crippen LogP contribution in [0.5, 0.6) is 5.75 Å². The molecule has 3 aromatic rings. The van der Waals surface area contributed by atoms with Crippen molar-refractivity contribution < 1.29 is 19.1 Å². The van der Waals surface area contributed by atoms with Crippen molar-refractivity contribution in [2.24, 2.45) is 0 Å². The number of benzene rings is 3. The second-order valence-electron chi connectivity index (χ2n) is 7.67. The lowest BCUT2D eigenvalue weighted by Crippen LogP contribution is -2.27. The molecule has 1 saturated heterocycles. The van der Waals surface area contributed by atoms with E-state index in [1.807, 2.05) is 31.2 Å². The van der Waals surface area contributed by atoms with E-state index in [4.69, 9.17) is 16.3 Å². The molecule has 3 aromatic carbocycles. The number of halogens is 1. The minimum absolute atomic E-state index is 0.158. The van der Waals surface area contributed by atoms with Gasteiger partial charge in [-0.3, -0.25) is 19.3 Å². The van der Waals surface area contributed by atoms with Crippen molar-refractivity contribution in [2.75, 3.05) is 11.9 Å². The van der Waals surface area contributed by atoms with E-state index < -0.39 is 0 Å². The molecule has 0 aliphatic carbocycles. The molecule has 1 N–H and O–H groups in total. The number of nitrogens with one attached hydrogen (secondary N) is 1. The lowest BCUT2D eigenvalue weighted by Gasteiger charge is -2.12. The van der Waals surface area contributed by atoms with Crippen LogP contribution < -0.4 is 10.1 Å². The minimum Gasteiger partial charge on any atom is -0.484 e. The molecule has 1 heterocycles. The maximum atomic E-state index is 12.8. The summed E-state index contributed by atoms with van der Waals surface area (Å²) in [4.78, 5) is 38.9. The van der Waals surface area contributed by atoms with Crippen molar-refractivity contribution in [3.05, 3.63) is 99.4 Å². The highest BCUT2D eigenvalue weighted by Crippen LogP contribution is 2.33. The monoisotopic (exact) mass is 492 g/mol. The first-order valence-electron chi connectivity index (χ1n) is 10.5. The molecule has 0 atom stereocenters. The predicted molar refractivity (Wildman–Crippen MR) is 135 cm³/mol. The van der Waals surface area contributed by atoms with Crippen LogP contribution in [-0.4, -0.2) is 28.6 Å². The van der Waals surface area contributed by atoms with Gasteiger partial charge in [-0.1, -0.05) is 48.0 Å². The molecule has 0 bridgehead atoms. The highest BCUT2D eigenvalue weighted by Gasteiger charge is 2.34. The number of nitrogens with zero attached hydrogens (tertiary/aromatic N) is 1. The van der Waals surface area contributed by atoms with Gasteiger partial charge in [0.1, 0.15) is 5.75 Å².